The number of aromatic hydroxyl groups is 1. The Bertz CT molecular complexity index is 663. The molecule has 18 heavy (non-hydrogen) atoms. The van der Waals surface area contributed by atoms with Crippen molar-refractivity contribution in [3.63, 3.8) is 0 Å². The van der Waals surface area contributed by atoms with Crippen molar-refractivity contribution >= 4 is 0 Å². The zero-order valence-corrected chi connectivity index (χ0v) is 9.26. The van der Waals surface area contributed by atoms with Gasteiger partial charge < -0.3 is 5.11 Å². The standard InChI is InChI=1S/C11H10FN3O3/c12-8-9(16)14-11(18)15(10(8)17)6-4-7-3-1-2-5-13-7/h1-3,5,17H,4,6H2,(H,14,16,18). The van der Waals surface area contributed by atoms with Gasteiger partial charge in [-0.2, -0.15) is 4.39 Å². The van der Waals surface area contributed by atoms with Gasteiger partial charge in [0.1, 0.15) is 0 Å². The van der Waals surface area contributed by atoms with E-state index in [1.165, 1.54) is 0 Å². The van der Waals surface area contributed by atoms with E-state index in [-0.39, 0.29) is 6.54 Å². The summed E-state index contributed by atoms with van der Waals surface area (Å²) in [4.78, 5) is 28.1. The summed E-state index contributed by atoms with van der Waals surface area (Å²) >= 11 is 0. The van der Waals surface area contributed by atoms with Gasteiger partial charge in [0.05, 0.1) is 0 Å². The Hall–Kier alpha value is -2.44. The molecule has 0 fully saturated rings. The molecule has 0 aliphatic carbocycles. The molecule has 0 aromatic carbocycles. The molecule has 0 radical (unpaired) electrons. The lowest BCUT2D eigenvalue weighted by molar-refractivity contribution is 0.360. The summed E-state index contributed by atoms with van der Waals surface area (Å²) in [6, 6.07) is 5.26. The molecule has 2 rings (SSSR count). The first-order chi connectivity index (χ1) is 8.59. The molecule has 0 saturated heterocycles. The van der Waals surface area contributed by atoms with E-state index in [4.69, 9.17) is 0 Å². The quantitative estimate of drug-likeness (QED) is 0.804. The molecule has 2 aromatic rings. The highest BCUT2D eigenvalue weighted by Gasteiger charge is 2.13. The smallest absolute Gasteiger partial charge is 0.331 e. The van der Waals surface area contributed by atoms with Crippen LogP contribution in [0.4, 0.5) is 4.39 Å². The monoisotopic (exact) mass is 251 g/mol. The minimum atomic E-state index is -1.37. The molecule has 2 aromatic heterocycles. The summed E-state index contributed by atoms with van der Waals surface area (Å²) in [7, 11) is 0. The van der Waals surface area contributed by atoms with Crippen molar-refractivity contribution < 1.29 is 9.50 Å². The first-order valence-electron chi connectivity index (χ1n) is 5.21. The van der Waals surface area contributed by atoms with Crippen LogP contribution in [-0.4, -0.2) is 19.6 Å². The van der Waals surface area contributed by atoms with E-state index < -0.39 is 22.9 Å². The van der Waals surface area contributed by atoms with Crippen molar-refractivity contribution in [3.8, 4) is 5.88 Å². The third-order valence-electron chi connectivity index (χ3n) is 2.43. The maximum atomic E-state index is 13.1. The van der Waals surface area contributed by atoms with Crippen molar-refractivity contribution in [2.24, 2.45) is 0 Å². The minimum absolute atomic E-state index is 0.0232. The van der Waals surface area contributed by atoms with Crippen molar-refractivity contribution in [3.05, 3.63) is 56.7 Å². The van der Waals surface area contributed by atoms with Crippen molar-refractivity contribution in [1.29, 1.82) is 0 Å². The molecule has 0 spiro atoms. The SMILES string of the molecule is O=c1[nH]c(=O)n(CCc2ccccn2)c(O)c1F. The molecule has 0 unspecified atom stereocenters. The van der Waals surface area contributed by atoms with E-state index in [9.17, 15) is 19.1 Å². The average molecular weight is 251 g/mol. The van der Waals surface area contributed by atoms with E-state index in [1.54, 1.807) is 29.4 Å². The Kier molecular flexibility index (Phi) is 3.22. The number of pyridine rings is 1. The van der Waals surface area contributed by atoms with E-state index >= 15 is 0 Å². The fourth-order valence-corrected chi connectivity index (χ4v) is 1.52. The molecule has 0 atom stereocenters. The molecule has 0 amide bonds. The van der Waals surface area contributed by atoms with Crippen LogP contribution in [0.2, 0.25) is 0 Å². The molecule has 7 heteroatoms. The van der Waals surface area contributed by atoms with Crippen LogP contribution in [0, 0.1) is 5.82 Å². The Balaban J connectivity index is 2.28. The average Bonchev–Trinajstić information content (AvgIpc) is 2.37. The lowest BCUT2D eigenvalue weighted by Crippen LogP contribution is -2.32. The van der Waals surface area contributed by atoms with E-state index in [2.05, 4.69) is 4.98 Å². The number of aryl methyl sites for hydroxylation is 1. The van der Waals surface area contributed by atoms with Crippen LogP contribution in [-0.2, 0) is 13.0 Å². The second-order valence-electron chi connectivity index (χ2n) is 3.62. The number of nitrogens with one attached hydrogen (secondary N) is 1. The summed E-state index contributed by atoms with van der Waals surface area (Å²) < 4.78 is 13.9. The van der Waals surface area contributed by atoms with Crippen LogP contribution in [0.15, 0.2) is 34.0 Å². The molecule has 94 valence electrons. The van der Waals surface area contributed by atoms with Crippen LogP contribution in [0.25, 0.3) is 0 Å². The summed E-state index contributed by atoms with van der Waals surface area (Å²) in [5.74, 6) is -2.32. The summed E-state index contributed by atoms with van der Waals surface area (Å²) in [6.45, 7) is 0.0232. The first kappa shape index (κ1) is 12.0. The highest BCUT2D eigenvalue weighted by atomic mass is 19.1. The zero-order valence-electron chi connectivity index (χ0n) is 9.26. The fourth-order valence-electron chi connectivity index (χ4n) is 1.52. The van der Waals surface area contributed by atoms with Gasteiger partial charge in [-0.05, 0) is 12.1 Å². The van der Waals surface area contributed by atoms with Gasteiger partial charge >= 0.3 is 5.69 Å². The van der Waals surface area contributed by atoms with Gasteiger partial charge in [-0.15, -0.1) is 0 Å². The maximum Gasteiger partial charge on any atom is 0.331 e. The molecule has 6 nitrogen and oxygen atoms in total. The molecule has 0 aliphatic rings. The van der Waals surface area contributed by atoms with Crippen LogP contribution < -0.4 is 11.2 Å². The lowest BCUT2D eigenvalue weighted by Gasteiger charge is -2.07. The highest BCUT2D eigenvalue weighted by molar-refractivity contribution is 5.10. The predicted molar refractivity (Wildman–Crippen MR) is 60.9 cm³/mol. The van der Waals surface area contributed by atoms with Crippen molar-refractivity contribution in [2.45, 2.75) is 13.0 Å². The number of hydrogen-bond donors (Lipinski definition) is 2. The van der Waals surface area contributed by atoms with Crippen LogP contribution in [0.1, 0.15) is 5.69 Å². The van der Waals surface area contributed by atoms with Gasteiger partial charge in [0.15, 0.2) is 0 Å². The normalized spacial score (nSPS) is 10.5. The molecule has 2 heterocycles. The minimum Gasteiger partial charge on any atom is -0.492 e. The fraction of sp³-hybridized carbons (Fsp3) is 0.182. The summed E-state index contributed by atoms with van der Waals surface area (Å²) in [6.07, 6.45) is 1.92. The predicted octanol–water partition coefficient (Wildman–Crippen LogP) is 0.0190. The van der Waals surface area contributed by atoms with Crippen LogP contribution in [0.5, 0.6) is 5.88 Å². The molecule has 0 saturated carbocycles. The van der Waals surface area contributed by atoms with Gasteiger partial charge in [-0.3, -0.25) is 19.3 Å². The Morgan fingerprint density at radius 2 is 2.17 bits per heavy atom. The van der Waals surface area contributed by atoms with E-state index in [0.717, 1.165) is 4.57 Å². The van der Waals surface area contributed by atoms with Crippen LogP contribution >= 0.6 is 0 Å². The molecule has 0 aliphatic heterocycles. The second kappa shape index (κ2) is 4.82. The Labute approximate surface area is 100 Å². The summed E-state index contributed by atoms with van der Waals surface area (Å²) in [5.41, 5.74) is -1.39. The van der Waals surface area contributed by atoms with Gasteiger partial charge in [0.2, 0.25) is 11.7 Å². The lowest BCUT2D eigenvalue weighted by atomic mass is 10.3. The number of aromatic nitrogens is 3. The number of H-pyrrole nitrogens is 1. The second-order valence-corrected chi connectivity index (χ2v) is 3.62. The number of nitrogens with zero attached hydrogens (tertiary/aromatic N) is 2. The molecule has 0 bridgehead atoms. The number of rotatable bonds is 3. The summed E-state index contributed by atoms with van der Waals surface area (Å²) in [5, 5.41) is 9.38. The number of halogens is 1. The molecule has 2 N–H and O–H groups in total. The van der Waals surface area contributed by atoms with Crippen molar-refractivity contribution in [2.75, 3.05) is 0 Å². The molecular weight excluding hydrogens is 241 g/mol. The van der Waals surface area contributed by atoms with E-state index in [1.807, 2.05) is 0 Å². The Morgan fingerprint density at radius 3 is 2.83 bits per heavy atom. The van der Waals surface area contributed by atoms with Gasteiger partial charge in [0, 0.05) is 24.9 Å². The number of aromatic amines is 1. The van der Waals surface area contributed by atoms with Crippen LogP contribution in [0.3, 0.4) is 0 Å². The topological polar surface area (TPSA) is 88.0 Å². The van der Waals surface area contributed by atoms with Gasteiger partial charge in [-0.25, -0.2) is 4.79 Å². The van der Waals surface area contributed by atoms with Gasteiger partial charge in [-0.1, -0.05) is 6.07 Å². The number of hydrogen-bond acceptors (Lipinski definition) is 4. The third kappa shape index (κ3) is 2.29. The maximum absolute atomic E-state index is 13.1. The third-order valence-corrected chi connectivity index (χ3v) is 2.43. The highest BCUT2D eigenvalue weighted by Crippen LogP contribution is 2.08. The Morgan fingerprint density at radius 1 is 1.39 bits per heavy atom. The first-order valence-corrected chi connectivity index (χ1v) is 5.21. The van der Waals surface area contributed by atoms with Crippen molar-refractivity contribution in [1.82, 2.24) is 14.5 Å². The van der Waals surface area contributed by atoms with Gasteiger partial charge in [0.25, 0.3) is 5.56 Å². The van der Waals surface area contributed by atoms with E-state index in [0.29, 0.717) is 12.1 Å². The molecular formula is C11H10FN3O3. The zero-order chi connectivity index (χ0) is 13.1. The largest absolute Gasteiger partial charge is 0.492 e.